The highest BCUT2D eigenvalue weighted by Crippen LogP contribution is 2.20. The Morgan fingerprint density at radius 3 is 1.70 bits per heavy atom. The molecule has 0 aliphatic heterocycles. The number of esters is 1. The number of rotatable bonds is 12. The topological polar surface area (TPSA) is 85.2 Å². The molecule has 0 heterocycles. The predicted molar refractivity (Wildman–Crippen MR) is 124 cm³/mol. The predicted octanol–water partition coefficient (Wildman–Crippen LogP) is 3.76. The van der Waals surface area contributed by atoms with E-state index in [-0.39, 0.29) is 13.2 Å². The van der Waals surface area contributed by atoms with E-state index in [4.69, 9.17) is 14.2 Å². The minimum Gasteiger partial charge on any atom is -0.456 e. The highest BCUT2D eigenvalue weighted by Gasteiger charge is 2.36. The molecule has 3 aromatic rings. The van der Waals surface area contributed by atoms with Crippen LogP contribution >= 0.6 is 0 Å². The summed E-state index contributed by atoms with van der Waals surface area (Å²) in [7, 11) is 0. The summed E-state index contributed by atoms with van der Waals surface area (Å²) in [5, 5.41) is 20.3. The summed E-state index contributed by atoms with van der Waals surface area (Å²) in [6.45, 7) is 1.60. The van der Waals surface area contributed by atoms with E-state index < -0.39 is 37.0 Å². The Bertz CT molecular complexity index is 948. The average molecular weight is 451 g/mol. The fraction of sp³-hybridized carbons (Fsp3) is 0.296. The second-order valence-electron chi connectivity index (χ2n) is 7.75. The van der Waals surface area contributed by atoms with Crippen LogP contribution in [0.2, 0.25) is 0 Å². The summed E-state index contributed by atoms with van der Waals surface area (Å²) in [6, 6.07) is 27.7. The van der Waals surface area contributed by atoms with Crippen LogP contribution < -0.4 is 0 Å². The van der Waals surface area contributed by atoms with Crippen molar-refractivity contribution in [3.05, 3.63) is 108 Å². The van der Waals surface area contributed by atoms with E-state index in [1.807, 2.05) is 66.7 Å². The van der Waals surface area contributed by atoms with Crippen molar-refractivity contribution in [3.8, 4) is 0 Å². The quantitative estimate of drug-likeness (QED) is 0.409. The normalized spacial score (nSPS) is 14.8. The molecular weight excluding hydrogens is 420 g/mol. The largest absolute Gasteiger partial charge is 0.456 e. The molecule has 0 radical (unpaired) electrons. The maximum atomic E-state index is 12.6. The minimum atomic E-state index is -1.23. The molecule has 0 amide bonds. The zero-order valence-corrected chi connectivity index (χ0v) is 18.6. The van der Waals surface area contributed by atoms with Crippen LogP contribution in [-0.2, 0) is 27.4 Å². The Morgan fingerprint density at radius 1 is 0.758 bits per heavy atom. The monoisotopic (exact) mass is 450 g/mol. The number of hydrogen-bond acceptors (Lipinski definition) is 6. The fourth-order valence-electron chi connectivity index (χ4n) is 3.44. The molecule has 2 N–H and O–H groups in total. The maximum Gasteiger partial charge on any atom is 0.338 e. The first kappa shape index (κ1) is 24.6. The second-order valence-corrected chi connectivity index (χ2v) is 7.75. The SMILES string of the molecule is C[C@@H](OC(=O)c1ccccc1)[C@@H](OCc1ccccc1)[C@H](OCc1ccccc1)[C@H](O)CO. The summed E-state index contributed by atoms with van der Waals surface area (Å²) in [4.78, 5) is 12.6. The van der Waals surface area contributed by atoms with Crippen LogP contribution in [0.3, 0.4) is 0 Å². The Balaban J connectivity index is 1.79. The average Bonchev–Trinajstić information content (AvgIpc) is 2.87. The minimum absolute atomic E-state index is 0.202. The molecule has 4 atom stereocenters. The number of benzene rings is 3. The van der Waals surface area contributed by atoms with Crippen LogP contribution in [-0.4, -0.2) is 47.2 Å². The van der Waals surface area contributed by atoms with Gasteiger partial charge in [0, 0.05) is 0 Å². The van der Waals surface area contributed by atoms with Gasteiger partial charge in [0.15, 0.2) is 0 Å². The second kappa shape index (κ2) is 12.9. The molecule has 0 aliphatic carbocycles. The summed E-state index contributed by atoms with van der Waals surface area (Å²) in [6.07, 6.45) is -3.75. The molecule has 0 bridgehead atoms. The van der Waals surface area contributed by atoms with Crippen molar-refractivity contribution in [2.45, 2.75) is 44.6 Å². The van der Waals surface area contributed by atoms with Gasteiger partial charge >= 0.3 is 5.97 Å². The van der Waals surface area contributed by atoms with E-state index in [0.717, 1.165) is 11.1 Å². The van der Waals surface area contributed by atoms with Gasteiger partial charge in [-0.05, 0) is 30.2 Å². The number of hydrogen-bond donors (Lipinski definition) is 2. The Hall–Kier alpha value is -3.03. The van der Waals surface area contributed by atoms with Crippen LogP contribution in [0.15, 0.2) is 91.0 Å². The first-order valence-electron chi connectivity index (χ1n) is 10.9. The zero-order valence-electron chi connectivity index (χ0n) is 18.6. The molecule has 0 unspecified atom stereocenters. The Kier molecular flexibility index (Phi) is 9.59. The van der Waals surface area contributed by atoms with Crippen molar-refractivity contribution in [2.75, 3.05) is 6.61 Å². The molecule has 0 aliphatic rings. The van der Waals surface area contributed by atoms with Gasteiger partial charge in [-0.3, -0.25) is 0 Å². The smallest absolute Gasteiger partial charge is 0.338 e. The van der Waals surface area contributed by atoms with E-state index in [9.17, 15) is 15.0 Å². The van der Waals surface area contributed by atoms with Crippen molar-refractivity contribution in [1.82, 2.24) is 0 Å². The van der Waals surface area contributed by atoms with E-state index in [2.05, 4.69) is 0 Å². The van der Waals surface area contributed by atoms with Crippen molar-refractivity contribution in [3.63, 3.8) is 0 Å². The van der Waals surface area contributed by atoms with E-state index >= 15 is 0 Å². The highest BCUT2D eigenvalue weighted by molar-refractivity contribution is 5.89. The van der Waals surface area contributed by atoms with E-state index in [1.165, 1.54) is 0 Å². The van der Waals surface area contributed by atoms with E-state index in [1.54, 1.807) is 31.2 Å². The van der Waals surface area contributed by atoms with Gasteiger partial charge in [-0.1, -0.05) is 78.9 Å². The Labute approximate surface area is 194 Å². The maximum absolute atomic E-state index is 12.6. The van der Waals surface area contributed by atoms with Gasteiger partial charge < -0.3 is 24.4 Å². The van der Waals surface area contributed by atoms with Crippen molar-refractivity contribution in [2.24, 2.45) is 0 Å². The molecule has 0 spiro atoms. The van der Waals surface area contributed by atoms with Crippen LogP contribution in [0.1, 0.15) is 28.4 Å². The molecule has 0 saturated carbocycles. The molecule has 3 aromatic carbocycles. The lowest BCUT2D eigenvalue weighted by molar-refractivity contribution is -0.169. The number of aliphatic hydroxyl groups is 2. The summed E-state index contributed by atoms with van der Waals surface area (Å²) in [5.41, 5.74) is 2.24. The summed E-state index contributed by atoms with van der Waals surface area (Å²) in [5.74, 6) is -0.503. The molecule has 6 nitrogen and oxygen atoms in total. The first-order chi connectivity index (χ1) is 16.1. The van der Waals surface area contributed by atoms with Crippen LogP contribution in [0, 0.1) is 0 Å². The number of aliphatic hydroxyl groups excluding tert-OH is 2. The summed E-state index contributed by atoms with van der Waals surface area (Å²) >= 11 is 0. The van der Waals surface area contributed by atoms with Gasteiger partial charge in [0.25, 0.3) is 0 Å². The third-order valence-electron chi connectivity index (χ3n) is 5.23. The number of carbonyl (C=O) groups excluding carboxylic acids is 1. The van der Waals surface area contributed by atoms with Gasteiger partial charge in [-0.2, -0.15) is 0 Å². The molecule has 0 fully saturated rings. The van der Waals surface area contributed by atoms with Crippen LogP contribution in [0.4, 0.5) is 0 Å². The lowest BCUT2D eigenvalue weighted by atomic mass is 10.0. The first-order valence-corrected chi connectivity index (χ1v) is 10.9. The van der Waals surface area contributed by atoms with Crippen molar-refractivity contribution < 1.29 is 29.2 Å². The van der Waals surface area contributed by atoms with Gasteiger partial charge in [0.1, 0.15) is 24.4 Å². The standard InChI is InChI=1S/C27H30O6/c1-20(33-27(30)23-15-9-4-10-16-23)25(31-18-21-11-5-2-6-12-21)26(24(29)17-28)32-19-22-13-7-3-8-14-22/h2-16,20,24-26,28-29H,17-19H2,1H3/t20-,24-,25-,26-/m1/s1. The molecule has 33 heavy (non-hydrogen) atoms. The number of ether oxygens (including phenoxy) is 3. The van der Waals surface area contributed by atoms with Gasteiger partial charge in [-0.15, -0.1) is 0 Å². The van der Waals surface area contributed by atoms with E-state index in [0.29, 0.717) is 5.56 Å². The molecule has 174 valence electrons. The third-order valence-corrected chi connectivity index (χ3v) is 5.23. The van der Waals surface area contributed by atoms with Gasteiger partial charge in [0.2, 0.25) is 0 Å². The lowest BCUT2D eigenvalue weighted by Crippen LogP contribution is -2.49. The van der Waals surface area contributed by atoms with Crippen molar-refractivity contribution >= 4 is 5.97 Å². The number of carbonyl (C=O) groups is 1. The highest BCUT2D eigenvalue weighted by atomic mass is 16.6. The van der Waals surface area contributed by atoms with Crippen LogP contribution in [0.25, 0.3) is 0 Å². The molecule has 0 saturated heterocycles. The molecular formula is C27H30O6. The summed E-state index contributed by atoms with van der Waals surface area (Å²) < 4.78 is 17.8. The molecule has 6 heteroatoms. The lowest BCUT2D eigenvalue weighted by Gasteiger charge is -2.34. The van der Waals surface area contributed by atoms with Gasteiger partial charge in [-0.25, -0.2) is 4.79 Å². The van der Waals surface area contributed by atoms with Crippen LogP contribution in [0.5, 0.6) is 0 Å². The Morgan fingerprint density at radius 2 is 1.21 bits per heavy atom. The third kappa shape index (κ3) is 7.51. The molecule has 0 aromatic heterocycles. The van der Waals surface area contributed by atoms with Crippen molar-refractivity contribution in [1.29, 1.82) is 0 Å². The van der Waals surface area contributed by atoms with Gasteiger partial charge in [0.05, 0.1) is 25.4 Å². The molecule has 3 rings (SSSR count). The fourth-order valence-corrected chi connectivity index (χ4v) is 3.44. The zero-order chi connectivity index (χ0) is 23.5.